The molecule has 10 heteroatoms. The quantitative estimate of drug-likeness (QED) is 0.0893. The molecule has 4 N–H and O–H groups in total. The van der Waals surface area contributed by atoms with E-state index in [0.29, 0.717) is 6.42 Å². The molecule has 10 nitrogen and oxygen atoms in total. The van der Waals surface area contributed by atoms with Crippen molar-refractivity contribution in [2.24, 2.45) is 0 Å². The normalized spacial score (nSPS) is 23.3. The van der Waals surface area contributed by atoms with Gasteiger partial charge in [-0.25, -0.2) is 0 Å². The first-order valence-electron chi connectivity index (χ1n) is 16.1. The third-order valence-corrected chi connectivity index (χ3v) is 7.49. The summed E-state index contributed by atoms with van der Waals surface area (Å²) in [6.45, 7) is 3.28. The fraction of sp³-hybridized carbons (Fsp3) is 0.935. The lowest BCUT2D eigenvalue weighted by atomic mass is 9.99. The van der Waals surface area contributed by atoms with Crippen molar-refractivity contribution in [2.75, 3.05) is 19.8 Å². The second-order valence-corrected chi connectivity index (χ2v) is 11.3. The maximum Gasteiger partial charge on any atom is 0.306 e. The van der Waals surface area contributed by atoms with Crippen LogP contribution in [-0.2, 0) is 28.5 Å². The number of rotatable bonds is 25. The molecule has 0 spiro atoms. The van der Waals surface area contributed by atoms with E-state index in [1.807, 2.05) is 0 Å². The van der Waals surface area contributed by atoms with Crippen molar-refractivity contribution < 1.29 is 49.0 Å². The molecule has 0 amide bonds. The zero-order chi connectivity index (χ0) is 30.3. The number of hydrogen-bond donors (Lipinski definition) is 4. The molecule has 1 heterocycles. The molecule has 1 aliphatic heterocycles. The maximum absolute atomic E-state index is 12.5. The number of hydrogen-bond acceptors (Lipinski definition) is 10. The molecule has 6 unspecified atom stereocenters. The zero-order valence-electron chi connectivity index (χ0n) is 25.6. The minimum absolute atomic E-state index is 0.213. The minimum atomic E-state index is -1.58. The summed E-state index contributed by atoms with van der Waals surface area (Å²) in [5.41, 5.74) is 0. The van der Waals surface area contributed by atoms with E-state index >= 15 is 0 Å². The number of unbranched alkanes of at least 4 members (excludes halogenated alkanes) is 14. The fourth-order valence-corrected chi connectivity index (χ4v) is 4.83. The lowest BCUT2D eigenvalue weighted by Crippen LogP contribution is -2.59. The van der Waals surface area contributed by atoms with Crippen molar-refractivity contribution in [1.29, 1.82) is 0 Å². The molecule has 242 valence electrons. The molecule has 41 heavy (non-hydrogen) atoms. The van der Waals surface area contributed by atoms with E-state index in [4.69, 9.17) is 18.9 Å². The Balaban J connectivity index is 2.46. The highest BCUT2D eigenvalue weighted by molar-refractivity contribution is 5.70. The van der Waals surface area contributed by atoms with Crippen LogP contribution in [0.5, 0.6) is 0 Å². The Labute approximate surface area is 247 Å². The second kappa shape index (κ2) is 24.2. The molecule has 1 aliphatic rings. The van der Waals surface area contributed by atoms with Crippen LogP contribution in [0, 0.1) is 0 Å². The molecule has 0 aromatic carbocycles. The summed E-state index contributed by atoms with van der Waals surface area (Å²) in [6, 6.07) is 0. The number of aliphatic hydroxyl groups excluding tert-OH is 4. The highest BCUT2D eigenvalue weighted by atomic mass is 16.7. The Kier molecular flexibility index (Phi) is 22.2. The van der Waals surface area contributed by atoms with Crippen LogP contribution in [-0.4, -0.2) is 89.0 Å². The molecule has 0 bridgehead atoms. The molecule has 1 saturated heterocycles. The third-order valence-electron chi connectivity index (χ3n) is 7.49. The topological polar surface area (TPSA) is 152 Å². The predicted octanol–water partition coefficient (Wildman–Crippen LogP) is 4.32. The van der Waals surface area contributed by atoms with Crippen LogP contribution in [0.25, 0.3) is 0 Å². The van der Waals surface area contributed by atoms with E-state index in [2.05, 4.69) is 13.8 Å². The van der Waals surface area contributed by atoms with Crippen molar-refractivity contribution in [1.82, 2.24) is 0 Å². The Morgan fingerprint density at radius 2 is 1.15 bits per heavy atom. The van der Waals surface area contributed by atoms with Gasteiger partial charge in [-0.2, -0.15) is 0 Å². The number of esters is 2. The van der Waals surface area contributed by atoms with Crippen LogP contribution in [0.3, 0.4) is 0 Å². The molecular weight excluding hydrogens is 532 g/mol. The number of aliphatic hydroxyl groups is 4. The van der Waals surface area contributed by atoms with Gasteiger partial charge in [0.2, 0.25) is 0 Å². The van der Waals surface area contributed by atoms with Crippen molar-refractivity contribution >= 4 is 11.9 Å². The van der Waals surface area contributed by atoms with Gasteiger partial charge < -0.3 is 39.4 Å². The SMILES string of the molecule is CCCCCCCCCCCCCC(=O)OC(COC(=O)CCCCCCC)COC1OC(CO)C(O)C(O)C1O. The third kappa shape index (κ3) is 17.4. The number of carbonyl (C=O) groups is 2. The molecule has 0 aromatic rings. The first-order chi connectivity index (χ1) is 19.8. The molecule has 0 saturated carbocycles. The standard InChI is InChI=1S/C31H58O10/c1-3-5-7-9-10-11-12-13-14-16-18-20-27(34)40-24(22-38-26(33)19-17-15-8-6-4-2)23-39-31-30(37)29(36)28(35)25(21-32)41-31/h24-25,28-32,35-37H,3-23H2,1-2H3. The van der Waals surface area contributed by atoms with Crippen molar-refractivity contribution in [2.45, 2.75) is 166 Å². The average molecular weight is 591 g/mol. The van der Waals surface area contributed by atoms with Gasteiger partial charge in [0, 0.05) is 12.8 Å². The summed E-state index contributed by atoms with van der Waals surface area (Å²) >= 11 is 0. The predicted molar refractivity (Wildman–Crippen MR) is 155 cm³/mol. The molecule has 0 radical (unpaired) electrons. The number of ether oxygens (including phenoxy) is 4. The summed E-state index contributed by atoms with van der Waals surface area (Å²) in [7, 11) is 0. The average Bonchev–Trinajstić information content (AvgIpc) is 2.96. The van der Waals surface area contributed by atoms with Gasteiger partial charge in [0.05, 0.1) is 13.2 Å². The van der Waals surface area contributed by atoms with Gasteiger partial charge >= 0.3 is 11.9 Å². The summed E-state index contributed by atoms with van der Waals surface area (Å²) in [5.74, 6) is -0.820. The summed E-state index contributed by atoms with van der Waals surface area (Å²) in [6.07, 6.45) is 10.3. The van der Waals surface area contributed by atoms with E-state index in [0.717, 1.165) is 51.4 Å². The summed E-state index contributed by atoms with van der Waals surface area (Å²) in [5, 5.41) is 39.6. The highest BCUT2D eigenvalue weighted by Crippen LogP contribution is 2.22. The van der Waals surface area contributed by atoms with Gasteiger partial charge in [-0.05, 0) is 12.8 Å². The Bertz CT molecular complexity index is 659. The molecule has 0 aliphatic carbocycles. The smallest absolute Gasteiger partial charge is 0.306 e. The van der Waals surface area contributed by atoms with Crippen LogP contribution in [0.2, 0.25) is 0 Å². The molecule has 1 rings (SSSR count). The van der Waals surface area contributed by atoms with Crippen molar-refractivity contribution in [3.63, 3.8) is 0 Å². The van der Waals surface area contributed by atoms with Crippen LogP contribution >= 0.6 is 0 Å². The molecule has 0 aromatic heterocycles. The van der Waals surface area contributed by atoms with Crippen LogP contribution in [0.15, 0.2) is 0 Å². The van der Waals surface area contributed by atoms with E-state index in [1.54, 1.807) is 0 Å². The van der Waals surface area contributed by atoms with Crippen molar-refractivity contribution in [3.8, 4) is 0 Å². The lowest BCUT2D eigenvalue weighted by molar-refractivity contribution is -0.305. The maximum atomic E-state index is 12.5. The second-order valence-electron chi connectivity index (χ2n) is 11.3. The van der Waals surface area contributed by atoms with E-state index in [9.17, 15) is 30.0 Å². The fourth-order valence-electron chi connectivity index (χ4n) is 4.83. The lowest BCUT2D eigenvalue weighted by Gasteiger charge is -2.39. The highest BCUT2D eigenvalue weighted by Gasteiger charge is 2.44. The molecular formula is C31H58O10. The monoisotopic (exact) mass is 590 g/mol. The van der Waals surface area contributed by atoms with Crippen molar-refractivity contribution in [3.05, 3.63) is 0 Å². The Morgan fingerprint density at radius 1 is 0.659 bits per heavy atom. The van der Waals surface area contributed by atoms with Crippen LogP contribution < -0.4 is 0 Å². The first-order valence-corrected chi connectivity index (χ1v) is 16.1. The summed E-state index contributed by atoms with van der Waals surface area (Å²) < 4.78 is 21.8. The van der Waals surface area contributed by atoms with E-state index in [1.165, 1.54) is 44.9 Å². The molecule has 1 fully saturated rings. The summed E-state index contributed by atoms with van der Waals surface area (Å²) in [4.78, 5) is 24.7. The van der Waals surface area contributed by atoms with Gasteiger partial charge in [0.1, 0.15) is 31.0 Å². The minimum Gasteiger partial charge on any atom is -0.462 e. The molecule has 6 atom stereocenters. The Hall–Kier alpha value is -1.30. The van der Waals surface area contributed by atoms with Crippen LogP contribution in [0.4, 0.5) is 0 Å². The number of carbonyl (C=O) groups excluding carboxylic acids is 2. The van der Waals surface area contributed by atoms with Crippen LogP contribution in [0.1, 0.15) is 129 Å². The van der Waals surface area contributed by atoms with Gasteiger partial charge in [-0.3, -0.25) is 9.59 Å². The van der Waals surface area contributed by atoms with Gasteiger partial charge in [0.15, 0.2) is 12.4 Å². The zero-order valence-corrected chi connectivity index (χ0v) is 25.6. The largest absolute Gasteiger partial charge is 0.462 e. The van der Waals surface area contributed by atoms with Gasteiger partial charge in [0.25, 0.3) is 0 Å². The first kappa shape index (κ1) is 37.7. The van der Waals surface area contributed by atoms with Gasteiger partial charge in [-0.15, -0.1) is 0 Å². The Morgan fingerprint density at radius 3 is 1.66 bits per heavy atom. The van der Waals surface area contributed by atoms with E-state index in [-0.39, 0.29) is 32.0 Å². The van der Waals surface area contributed by atoms with Gasteiger partial charge in [-0.1, -0.05) is 104 Å². The van der Waals surface area contributed by atoms with E-state index < -0.39 is 49.4 Å².